The first-order chi connectivity index (χ1) is 9.58. The number of aliphatic carboxylic acids is 1. The second-order valence-corrected chi connectivity index (χ2v) is 4.94. The molecule has 0 saturated heterocycles. The summed E-state index contributed by atoms with van der Waals surface area (Å²) in [4.78, 5) is 27.4. The largest absolute Gasteiger partial charge is 0.479 e. The highest BCUT2D eigenvalue weighted by atomic mass is 16.7. The molecule has 1 fully saturated rings. The van der Waals surface area contributed by atoms with Crippen LogP contribution < -0.4 is 5.48 Å². The summed E-state index contributed by atoms with van der Waals surface area (Å²) < 4.78 is 0. The molecule has 0 amide bonds. The van der Waals surface area contributed by atoms with E-state index in [1.807, 2.05) is 0 Å². The van der Waals surface area contributed by atoms with E-state index in [9.17, 15) is 14.7 Å². The fraction of sp³-hybridized carbons (Fsp3) is 0.429. The molecule has 1 aliphatic carbocycles. The topological polar surface area (TPSA) is 95.9 Å². The van der Waals surface area contributed by atoms with Crippen molar-refractivity contribution in [2.75, 3.05) is 0 Å². The average Bonchev–Trinajstić information content (AvgIpc) is 3.27. The summed E-state index contributed by atoms with van der Waals surface area (Å²) in [5.41, 5.74) is 2.75. The van der Waals surface area contributed by atoms with Gasteiger partial charge in [-0.1, -0.05) is 31.0 Å². The molecule has 1 aromatic carbocycles. The monoisotopic (exact) mass is 279 g/mol. The van der Waals surface area contributed by atoms with Gasteiger partial charge in [0.1, 0.15) is 0 Å². The standard InChI is InChI=1S/C14H17NO5/c16-12(13(17)18)11(8-9-6-7-9)15-20-14(19)10-4-2-1-3-5-10/h1-5,9,11-12,15-16H,6-8H2,(H,17,18)/t11-,12?/m0/s1. The fourth-order valence-corrected chi connectivity index (χ4v) is 1.89. The van der Waals surface area contributed by atoms with Crippen molar-refractivity contribution >= 4 is 11.9 Å². The molecule has 0 bridgehead atoms. The Labute approximate surface area is 116 Å². The molecule has 0 spiro atoms. The molecule has 0 aliphatic heterocycles. The second kappa shape index (κ2) is 6.49. The molecule has 0 radical (unpaired) electrons. The highest BCUT2D eigenvalue weighted by Gasteiger charge is 2.33. The summed E-state index contributed by atoms with van der Waals surface area (Å²) >= 11 is 0. The van der Waals surface area contributed by atoms with Gasteiger partial charge in [0, 0.05) is 0 Å². The van der Waals surface area contributed by atoms with Gasteiger partial charge in [-0.15, -0.1) is 5.48 Å². The number of rotatable bonds is 7. The van der Waals surface area contributed by atoms with Crippen LogP contribution in [0.3, 0.4) is 0 Å². The van der Waals surface area contributed by atoms with E-state index < -0.39 is 24.1 Å². The van der Waals surface area contributed by atoms with E-state index in [-0.39, 0.29) is 0 Å². The zero-order valence-electron chi connectivity index (χ0n) is 10.9. The number of carbonyl (C=O) groups excluding carboxylic acids is 1. The van der Waals surface area contributed by atoms with Crippen LogP contribution in [0.25, 0.3) is 0 Å². The van der Waals surface area contributed by atoms with E-state index in [4.69, 9.17) is 9.94 Å². The van der Waals surface area contributed by atoms with Crippen LogP contribution in [0, 0.1) is 5.92 Å². The number of hydroxylamine groups is 1. The van der Waals surface area contributed by atoms with Gasteiger partial charge in [-0.05, 0) is 24.5 Å². The highest BCUT2D eigenvalue weighted by molar-refractivity contribution is 5.89. The predicted octanol–water partition coefficient (Wildman–Crippen LogP) is 0.962. The van der Waals surface area contributed by atoms with Gasteiger partial charge >= 0.3 is 11.9 Å². The van der Waals surface area contributed by atoms with E-state index in [2.05, 4.69) is 5.48 Å². The van der Waals surface area contributed by atoms with Crippen molar-refractivity contribution in [2.45, 2.75) is 31.4 Å². The second-order valence-electron chi connectivity index (χ2n) is 4.94. The van der Waals surface area contributed by atoms with Crippen LogP contribution in [-0.2, 0) is 9.63 Å². The van der Waals surface area contributed by atoms with Crippen molar-refractivity contribution in [3.05, 3.63) is 35.9 Å². The molecule has 1 aliphatic rings. The molecule has 2 rings (SSSR count). The van der Waals surface area contributed by atoms with Crippen LogP contribution in [0.4, 0.5) is 0 Å². The van der Waals surface area contributed by atoms with Gasteiger partial charge in [0.25, 0.3) is 0 Å². The zero-order chi connectivity index (χ0) is 14.5. The van der Waals surface area contributed by atoms with Gasteiger partial charge < -0.3 is 15.1 Å². The van der Waals surface area contributed by atoms with Crippen LogP contribution in [0.15, 0.2) is 30.3 Å². The first-order valence-corrected chi connectivity index (χ1v) is 6.50. The maximum absolute atomic E-state index is 11.7. The smallest absolute Gasteiger partial charge is 0.356 e. The summed E-state index contributed by atoms with van der Waals surface area (Å²) in [6.45, 7) is 0. The van der Waals surface area contributed by atoms with Crippen molar-refractivity contribution in [1.29, 1.82) is 0 Å². The first kappa shape index (κ1) is 14.5. The lowest BCUT2D eigenvalue weighted by Crippen LogP contribution is -2.45. The number of benzene rings is 1. The summed E-state index contributed by atoms with van der Waals surface area (Å²) in [6.07, 6.45) is 0.892. The summed E-state index contributed by atoms with van der Waals surface area (Å²) in [7, 11) is 0. The van der Waals surface area contributed by atoms with E-state index in [1.54, 1.807) is 30.3 Å². The minimum absolute atomic E-state index is 0.356. The maximum atomic E-state index is 11.7. The van der Waals surface area contributed by atoms with Gasteiger partial charge in [-0.3, -0.25) is 0 Å². The Morgan fingerprint density at radius 2 is 1.95 bits per heavy atom. The van der Waals surface area contributed by atoms with Crippen molar-refractivity contribution in [3.8, 4) is 0 Å². The van der Waals surface area contributed by atoms with Crippen molar-refractivity contribution in [2.24, 2.45) is 5.92 Å². The quantitative estimate of drug-likeness (QED) is 0.643. The molecular formula is C14H17NO5. The molecule has 1 saturated carbocycles. The molecule has 0 aromatic heterocycles. The number of carboxylic acids is 1. The Morgan fingerprint density at radius 3 is 2.50 bits per heavy atom. The highest BCUT2D eigenvalue weighted by Crippen LogP contribution is 2.34. The van der Waals surface area contributed by atoms with Crippen LogP contribution in [0.1, 0.15) is 29.6 Å². The molecule has 0 heterocycles. The number of hydrogen-bond donors (Lipinski definition) is 3. The van der Waals surface area contributed by atoms with Gasteiger partial charge in [-0.25, -0.2) is 9.59 Å². The number of hydrogen-bond acceptors (Lipinski definition) is 5. The van der Waals surface area contributed by atoms with Gasteiger partial charge in [0.15, 0.2) is 6.10 Å². The lowest BCUT2D eigenvalue weighted by Gasteiger charge is -2.20. The summed E-state index contributed by atoms with van der Waals surface area (Å²) in [5.74, 6) is -1.56. The van der Waals surface area contributed by atoms with Crippen LogP contribution in [0.5, 0.6) is 0 Å². The number of aliphatic hydroxyl groups excluding tert-OH is 1. The predicted molar refractivity (Wildman–Crippen MR) is 69.8 cm³/mol. The molecular weight excluding hydrogens is 262 g/mol. The number of nitrogens with one attached hydrogen (secondary N) is 1. The SMILES string of the molecule is O=C(ON[C@@H](CC1CC1)C(O)C(=O)O)c1ccccc1. The minimum atomic E-state index is -1.60. The van der Waals surface area contributed by atoms with Crippen molar-refractivity contribution in [3.63, 3.8) is 0 Å². The Morgan fingerprint density at radius 1 is 1.30 bits per heavy atom. The first-order valence-electron chi connectivity index (χ1n) is 6.50. The Bertz CT molecular complexity index is 472. The van der Waals surface area contributed by atoms with Gasteiger partial charge in [-0.2, -0.15) is 0 Å². The van der Waals surface area contributed by atoms with Crippen LogP contribution >= 0.6 is 0 Å². The third kappa shape index (κ3) is 4.04. The lowest BCUT2D eigenvalue weighted by atomic mass is 10.1. The van der Waals surface area contributed by atoms with Crippen LogP contribution in [-0.4, -0.2) is 34.3 Å². The molecule has 6 nitrogen and oxygen atoms in total. The zero-order valence-corrected chi connectivity index (χ0v) is 10.9. The Hall–Kier alpha value is -1.92. The van der Waals surface area contributed by atoms with E-state index in [0.717, 1.165) is 12.8 Å². The Kier molecular flexibility index (Phi) is 4.70. The van der Waals surface area contributed by atoms with E-state index in [0.29, 0.717) is 17.9 Å². The minimum Gasteiger partial charge on any atom is -0.479 e. The third-order valence-electron chi connectivity index (χ3n) is 3.23. The molecule has 1 aromatic rings. The van der Waals surface area contributed by atoms with E-state index in [1.165, 1.54) is 0 Å². The van der Waals surface area contributed by atoms with Crippen LogP contribution in [0.2, 0.25) is 0 Å². The molecule has 2 atom stereocenters. The summed E-state index contributed by atoms with van der Waals surface area (Å²) in [5, 5.41) is 18.4. The molecule has 1 unspecified atom stereocenters. The summed E-state index contributed by atoms with van der Waals surface area (Å²) in [6, 6.07) is 7.55. The average molecular weight is 279 g/mol. The molecule has 6 heteroatoms. The van der Waals surface area contributed by atoms with E-state index >= 15 is 0 Å². The fourth-order valence-electron chi connectivity index (χ4n) is 1.89. The number of aliphatic hydroxyl groups is 1. The normalized spacial score (nSPS) is 17.2. The number of carboxylic acid groups (broad SMARTS) is 1. The van der Waals surface area contributed by atoms with Gasteiger partial charge in [0.2, 0.25) is 0 Å². The lowest BCUT2D eigenvalue weighted by molar-refractivity contribution is -0.150. The van der Waals surface area contributed by atoms with Crippen molar-refractivity contribution < 1.29 is 24.6 Å². The molecule has 3 N–H and O–H groups in total. The Balaban J connectivity index is 1.90. The third-order valence-corrected chi connectivity index (χ3v) is 3.23. The maximum Gasteiger partial charge on any atom is 0.356 e. The molecule has 108 valence electrons. The molecule has 20 heavy (non-hydrogen) atoms. The number of carbonyl (C=O) groups is 2. The van der Waals surface area contributed by atoms with Gasteiger partial charge in [0.05, 0.1) is 11.6 Å². The van der Waals surface area contributed by atoms with Crippen molar-refractivity contribution in [1.82, 2.24) is 5.48 Å².